The van der Waals surface area contributed by atoms with Crippen molar-refractivity contribution in [1.82, 2.24) is 0 Å². The third-order valence-electron chi connectivity index (χ3n) is 16.8. The maximum atomic E-state index is 14.0. The molecule has 11 rings (SSSR count). The second-order valence-electron chi connectivity index (χ2n) is 23.8. The first kappa shape index (κ1) is 70.5. The van der Waals surface area contributed by atoms with Gasteiger partial charge in [-0.05, 0) is 44.5 Å². The first-order valence-electron chi connectivity index (χ1n) is 32.9. The van der Waals surface area contributed by atoms with Crippen molar-refractivity contribution in [1.29, 1.82) is 0 Å². The lowest BCUT2D eigenvalue weighted by atomic mass is 9.95. The Balaban J connectivity index is 0.960. The molecule has 0 saturated carbocycles. The van der Waals surface area contributed by atoms with Gasteiger partial charge in [-0.15, -0.1) is 0 Å². The van der Waals surface area contributed by atoms with Crippen molar-refractivity contribution >= 4 is 6.16 Å². The molecular formula is C79H86O18. The van der Waals surface area contributed by atoms with Crippen LogP contribution in [0.4, 0.5) is 4.79 Å². The second-order valence-corrected chi connectivity index (χ2v) is 23.8. The Morgan fingerprint density at radius 1 is 0.361 bits per heavy atom. The van der Waals surface area contributed by atoms with Crippen molar-refractivity contribution in [3.8, 4) is 0 Å². The molecule has 0 spiro atoms. The third-order valence-corrected chi connectivity index (χ3v) is 16.8. The number of hydrogen-bond donors (Lipinski definition) is 1. The Morgan fingerprint density at radius 2 is 0.670 bits per heavy atom. The molecule has 15 atom stereocenters. The minimum absolute atomic E-state index is 0.00586. The predicted octanol–water partition coefficient (Wildman–Crippen LogP) is 12.2. The lowest BCUT2D eigenvalue weighted by Gasteiger charge is -2.50. The first-order chi connectivity index (χ1) is 47.8. The highest BCUT2D eigenvalue weighted by molar-refractivity contribution is 5.60. The van der Waals surface area contributed by atoms with Crippen molar-refractivity contribution in [2.75, 3.05) is 33.5 Å². The molecule has 3 aliphatic rings. The van der Waals surface area contributed by atoms with Gasteiger partial charge < -0.3 is 80.9 Å². The summed E-state index contributed by atoms with van der Waals surface area (Å²) >= 11 is 0. The van der Waals surface area contributed by atoms with Gasteiger partial charge in [0, 0.05) is 7.11 Å². The normalized spacial score (nSPS) is 25.6. The fourth-order valence-corrected chi connectivity index (χ4v) is 11.9. The van der Waals surface area contributed by atoms with Crippen molar-refractivity contribution in [2.24, 2.45) is 0 Å². The molecule has 18 nitrogen and oxygen atoms in total. The predicted molar refractivity (Wildman–Crippen MR) is 359 cm³/mol. The smallest absolute Gasteiger partial charge is 0.430 e. The molecule has 3 saturated heterocycles. The van der Waals surface area contributed by atoms with Crippen LogP contribution in [0.5, 0.6) is 0 Å². The monoisotopic (exact) mass is 1320 g/mol. The number of hydrogen-bond acceptors (Lipinski definition) is 18. The topological polar surface area (TPSA) is 185 Å². The van der Waals surface area contributed by atoms with Crippen molar-refractivity contribution in [3.05, 3.63) is 300 Å². The van der Waals surface area contributed by atoms with Crippen LogP contribution in [0.3, 0.4) is 0 Å². The van der Waals surface area contributed by atoms with E-state index in [1.54, 1.807) is 0 Å². The molecule has 8 aromatic rings. The van der Waals surface area contributed by atoms with Gasteiger partial charge in [0.05, 0.1) is 72.7 Å². The van der Waals surface area contributed by atoms with E-state index in [0.29, 0.717) is 0 Å². The molecular weight excluding hydrogens is 1240 g/mol. The number of aliphatic hydroxyl groups excluding tert-OH is 1. The van der Waals surface area contributed by atoms with E-state index in [1.807, 2.05) is 243 Å². The molecule has 8 aromatic carbocycles. The molecule has 1 N–H and O–H groups in total. The van der Waals surface area contributed by atoms with Crippen LogP contribution in [-0.4, -0.2) is 137 Å². The minimum atomic E-state index is -1.50. The summed E-state index contributed by atoms with van der Waals surface area (Å²) in [6.45, 7) is 4.43. The maximum absolute atomic E-state index is 14.0. The standard InChI is InChI=1S/C79H86O18/c1-3-44-85-79(81)97-75-72(90-51-62-40-24-10-25-41-62)69(87-48-59-34-18-7-19-35-59)65(54-84-46-57-30-14-5-15-31-57)95-78(75)92-55-66-70(88-49-60-36-20-8-21-37-60)73(74(77(82-2)94-66)91-52-63-42-26-11-27-43-63)96-76-67(80)71(89-50-61-38-22-9-23-39-61)68(86-47-58-32-16-6-17-33-58)64(93-76)53-83-45-56-28-12-4-13-29-56/h3-43,64-78,80H,1,44-55H2,2H3. The number of benzene rings is 8. The van der Waals surface area contributed by atoms with E-state index in [4.69, 9.17) is 75.8 Å². The molecule has 0 bridgehead atoms. The number of rotatable bonds is 35. The van der Waals surface area contributed by atoms with Crippen LogP contribution in [0.15, 0.2) is 255 Å². The average molecular weight is 1320 g/mol. The number of carbonyl (C=O) groups excluding carboxylic acids is 1. The summed E-state index contributed by atoms with van der Waals surface area (Å²) in [6.07, 6.45) is -16.7. The molecule has 97 heavy (non-hydrogen) atoms. The molecule has 0 aromatic heterocycles. The lowest BCUT2D eigenvalue weighted by Crippen LogP contribution is -2.66. The van der Waals surface area contributed by atoms with E-state index < -0.39 is 98.3 Å². The largest absolute Gasteiger partial charge is 0.509 e. The van der Waals surface area contributed by atoms with Crippen molar-refractivity contribution < 1.29 is 85.7 Å². The van der Waals surface area contributed by atoms with Gasteiger partial charge in [-0.2, -0.15) is 0 Å². The highest BCUT2D eigenvalue weighted by Crippen LogP contribution is 2.38. The molecule has 3 fully saturated rings. The summed E-state index contributed by atoms with van der Waals surface area (Å²) in [4.78, 5) is 14.0. The maximum Gasteiger partial charge on any atom is 0.509 e. The summed E-state index contributed by atoms with van der Waals surface area (Å²) in [5.74, 6) is 0. The summed E-state index contributed by atoms with van der Waals surface area (Å²) in [5, 5.41) is 13.1. The van der Waals surface area contributed by atoms with E-state index in [-0.39, 0.29) is 79.3 Å². The van der Waals surface area contributed by atoms with Crippen LogP contribution in [0.2, 0.25) is 0 Å². The van der Waals surface area contributed by atoms with Crippen LogP contribution in [0.1, 0.15) is 44.5 Å². The van der Waals surface area contributed by atoms with E-state index in [2.05, 4.69) is 6.58 Å². The van der Waals surface area contributed by atoms with Gasteiger partial charge in [-0.25, -0.2) is 4.79 Å². The van der Waals surface area contributed by atoms with Gasteiger partial charge >= 0.3 is 6.16 Å². The molecule has 3 heterocycles. The Labute approximate surface area is 567 Å². The first-order valence-corrected chi connectivity index (χ1v) is 32.9. The van der Waals surface area contributed by atoms with Gasteiger partial charge in [0.25, 0.3) is 0 Å². The fourth-order valence-electron chi connectivity index (χ4n) is 11.9. The van der Waals surface area contributed by atoms with E-state index in [9.17, 15) is 9.90 Å². The summed E-state index contributed by atoms with van der Waals surface area (Å²) in [6, 6.07) is 77.7. The second kappa shape index (κ2) is 37.8. The molecule has 0 radical (unpaired) electrons. The zero-order valence-corrected chi connectivity index (χ0v) is 54.4. The Kier molecular flexibility index (Phi) is 27.5. The van der Waals surface area contributed by atoms with Crippen LogP contribution < -0.4 is 0 Å². The Morgan fingerprint density at radius 3 is 1.05 bits per heavy atom. The van der Waals surface area contributed by atoms with E-state index in [1.165, 1.54) is 13.2 Å². The van der Waals surface area contributed by atoms with Crippen molar-refractivity contribution in [3.63, 3.8) is 0 Å². The van der Waals surface area contributed by atoms with Gasteiger partial charge in [0.2, 0.25) is 0 Å². The van der Waals surface area contributed by atoms with Crippen LogP contribution >= 0.6 is 0 Å². The average Bonchev–Trinajstić information content (AvgIpc) is 0.789. The summed E-state index contributed by atoms with van der Waals surface area (Å²) < 4.78 is 108. The molecule has 15 unspecified atom stereocenters. The van der Waals surface area contributed by atoms with Gasteiger partial charge in [-0.3, -0.25) is 0 Å². The molecule has 510 valence electrons. The number of carbonyl (C=O) groups is 1. The highest BCUT2D eigenvalue weighted by Gasteiger charge is 2.56. The number of ether oxygens (including phenoxy) is 16. The van der Waals surface area contributed by atoms with E-state index in [0.717, 1.165) is 44.5 Å². The zero-order valence-electron chi connectivity index (χ0n) is 54.4. The fraction of sp³-hybridized carbons (Fsp3) is 0.354. The molecule has 0 aliphatic carbocycles. The van der Waals surface area contributed by atoms with Crippen LogP contribution in [0, 0.1) is 0 Å². The SMILES string of the molecule is C=CCOC(=O)OC1C(OCC2OC(OC)C(OCc3ccccc3)C(OC3OC(COCc4ccccc4)C(OCc4ccccc4)C(OCc4ccccc4)C3O)C2OCc2ccccc2)OC(COCc2ccccc2)C(OCc2ccccc2)C1OCc1ccccc1. The van der Waals surface area contributed by atoms with Crippen molar-refractivity contribution in [2.45, 2.75) is 145 Å². The van der Waals surface area contributed by atoms with Gasteiger partial charge in [0.1, 0.15) is 73.8 Å². The molecule has 0 amide bonds. The molecule has 18 heteroatoms. The van der Waals surface area contributed by atoms with E-state index >= 15 is 0 Å². The molecule has 3 aliphatic heterocycles. The van der Waals surface area contributed by atoms with Gasteiger partial charge in [0.15, 0.2) is 25.0 Å². The quantitative estimate of drug-likeness (QED) is 0.0292. The minimum Gasteiger partial charge on any atom is -0.430 e. The third kappa shape index (κ3) is 20.9. The highest BCUT2D eigenvalue weighted by atomic mass is 16.8. The summed E-state index contributed by atoms with van der Waals surface area (Å²) in [7, 11) is 1.51. The van der Waals surface area contributed by atoms with Crippen LogP contribution in [-0.2, 0) is 129 Å². The van der Waals surface area contributed by atoms with Crippen LogP contribution in [0.25, 0.3) is 0 Å². The lowest BCUT2D eigenvalue weighted by molar-refractivity contribution is -0.378. The Bertz CT molecular complexity index is 3480. The van der Waals surface area contributed by atoms with Gasteiger partial charge in [-0.1, -0.05) is 255 Å². The number of methoxy groups -OCH3 is 1. The summed E-state index contributed by atoms with van der Waals surface area (Å²) in [5.41, 5.74) is 7.06. The number of aliphatic hydroxyl groups is 1. The Hall–Kier alpha value is -7.83. The zero-order chi connectivity index (χ0) is 66.6.